The number of hydrogen-bond donors (Lipinski definition) is 1. The van der Waals surface area contributed by atoms with Crippen molar-refractivity contribution in [2.75, 3.05) is 18.1 Å². The van der Waals surface area contributed by atoms with Gasteiger partial charge in [0.05, 0.1) is 30.4 Å². The summed E-state index contributed by atoms with van der Waals surface area (Å²) in [7, 11) is 0. The van der Waals surface area contributed by atoms with Gasteiger partial charge in [-0.05, 0) is 55.6 Å². The minimum Gasteiger partial charge on any atom is -0.466 e. The average molecular weight is 380 g/mol. The molecule has 28 heavy (non-hydrogen) atoms. The molecule has 1 unspecified atom stereocenters. The van der Waals surface area contributed by atoms with Gasteiger partial charge in [0.25, 0.3) is 0 Å². The van der Waals surface area contributed by atoms with Gasteiger partial charge in [-0.1, -0.05) is 37.3 Å². The normalized spacial score (nSPS) is 13.5. The first-order chi connectivity index (χ1) is 13.5. The molecule has 1 amide bonds. The summed E-state index contributed by atoms with van der Waals surface area (Å²) in [6, 6.07) is 13.6. The highest BCUT2D eigenvalue weighted by Crippen LogP contribution is 2.39. The van der Waals surface area contributed by atoms with Crippen LogP contribution in [-0.4, -0.2) is 31.1 Å². The molecule has 2 aromatic rings. The molecule has 1 heterocycles. The smallest absolute Gasteiger partial charge is 0.310 e. The lowest BCUT2D eigenvalue weighted by Gasteiger charge is -2.34. The monoisotopic (exact) mass is 380 g/mol. The third-order valence-electron chi connectivity index (χ3n) is 4.95. The first-order valence-electron chi connectivity index (χ1n) is 9.97. The molecule has 1 N–H and O–H groups in total. The maximum Gasteiger partial charge on any atom is 0.310 e. The number of esters is 1. The van der Waals surface area contributed by atoms with Crippen LogP contribution in [0.25, 0.3) is 0 Å². The zero-order valence-corrected chi connectivity index (χ0v) is 16.8. The van der Waals surface area contributed by atoms with Gasteiger partial charge in [-0.25, -0.2) is 0 Å². The van der Waals surface area contributed by atoms with Gasteiger partial charge < -0.3 is 10.1 Å². The minimum atomic E-state index is -0.298. The van der Waals surface area contributed by atoms with Crippen LogP contribution in [0.1, 0.15) is 43.9 Å². The molecule has 0 saturated heterocycles. The largest absolute Gasteiger partial charge is 0.466 e. The highest BCUT2D eigenvalue weighted by Gasteiger charge is 2.30. The van der Waals surface area contributed by atoms with E-state index in [2.05, 4.69) is 18.3 Å². The minimum absolute atomic E-state index is 0.00938. The van der Waals surface area contributed by atoms with Gasteiger partial charge in [0.1, 0.15) is 0 Å². The molecule has 5 nitrogen and oxygen atoms in total. The summed E-state index contributed by atoms with van der Waals surface area (Å²) in [6.07, 6.45) is 1.94. The van der Waals surface area contributed by atoms with Crippen LogP contribution in [0.2, 0.25) is 0 Å². The van der Waals surface area contributed by atoms with Crippen molar-refractivity contribution >= 4 is 23.3 Å². The van der Waals surface area contributed by atoms with Crippen molar-refractivity contribution in [2.24, 2.45) is 0 Å². The zero-order chi connectivity index (χ0) is 20.1. The lowest BCUT2D eigenvalue weighted by Crippen LogP contribution is -2.44. The van der Waals surface area contributed by atoms with E-state index in [0.717, 1.165) is 47.5 Å². The number of benzene rings is 2. The SMILES string of the molecule is CCCNC(C)C(=O)N1c2ccccc2Cc2ccc(CC(=O)OCC)cc21. The van der Waals surface area contributed by atoms with Gasteiger partial charge in [-0.3, -0.25) is 14.5 Å². The molecule has 0 saturated carbocycles. The summed E-state index contributed by atoms with van der Waals surface area (Å²) in [5.41, 5.74) is 4.84. The Labute approximate surface area is 166 Å². The molecule has 1 aliphatic heterocycles. The third kappa shape index (κ3) is 4.25. The van der Waals surface area contributed by atoms with E-state index in [-0.39, 0.29) is 24.3 Å². The third-order valence-corrected chi connectivity index (χ3v) is 4.95. The van der Waals surface area contributed by atoms with Crippen molar-refractivity contribution in [3.63, 3.8) is 0 Å². The molecule has 3 rings (SSSR count). The van der Waals surface area contributed by atoms with Crippen molar-refractivity contribution in [3.8, 4) is 0 Å². The van der Waals surface area contributed by atoms with Crippen LogP contribution in [0.4, 0.5) is 11.4 Å². The number of hydrogen-bond acceptors (Lipinski definition) is 4. The standard InChI is InChI=1S/C23H28N2O3/c1-4-12-24-16(3)23(27)25-20-9-7-6-8-18(20)15-19-11-10-17(13-21(19)25)14-22(26)28-5-2/h6-11,13,16,24H,4-5,12,14-15H2,1-3H3. The number of fused-ring (bicyclic) bond motifs is 2. The molecule has 1 atom stereocenters. The number of nitrogens with zero attached hydrogens (tertiary/aromatic N) is 1. The molecule has 5 heteroatoms. The Kier molecular flexibility index (Phi) is 6.47. The van der Waals surface area contributed by atoms with Crippen LogP contribution >= 0.6 is 0 Å². The Hall–Kier alpha value is -2.66. The first kappa shape index (κ1) is 20.1. The number of para-hydroxylation sites is 1. The van der Waals surface area contributed by atoms with Crippen LogP contribution in [0, 0.1) is 0 Å². The summed E-state index contributed by atoms with van der Waals surface area (Å²) in [5.74, 6) is -0.246. The summed E-state index contributed by atoms with van der Waals surface area (Å²) < 4.78 is 5.07. The number of anilines is 2. The lowest BCUT2D eigenvalue weighted by atomic mass is 9.93. The summed E-state index contributed by atoms with van der Waals surface area (Å²) >= 11 is 0. The number of carbonyl (C=O) groups is 2. The van der Waals surface area contributed by atoms with E-state index < -0.39 is 0 Å². The van der Waals surface area contributed by atoms with Crippen molar-refractivity contribution in [2.45, 2.75) is 46.1 Å². The van der Waals surface area contributed by atoms with Crippen LogP contribution < -0.4 is 10.2 Å². The summed E-state index contributed by atoms with van der Waals surface area (Å²) in [4.78, 5) is 27.0. The first-order valence-corrected chi connectivity index (χ1v) is 9.97. The second kappa shape index (κ2) is 9.02. The van der Waals surface area contributed by atoms with E-state index in [1.54, 1.807) is 11.8 Å². The molecule has 0 aliphatic carbocycles. The summed E-state index contributed by atoms with van der Waals surface area (Å²) in [6.45, 7) is 6.93. The molecule has 0 spiro atoms. The number of ether oxygens (including phenoxy) is 1. The number of carbonyl (C=O) groups excluding carboxylic acids is 2. The number of rotatable bonds is 7. The maximum absolute atomic E-state index is 13.3. The van der Waals surface area contributed by atoms with E-state index in [9.17, 15) is 9.59 Å². The van der Waals surface area contributed by atoms with Crippen molar-refractivity contribution in [1.82, 2.24) is 5.32 Å². The van der Waals surface area contributed by atoms with E-state index in [0.29, 0.717) is 6.61 Å². The molecule has 148 valence electrons. The van der Waals surface area contributed by atoms with Crippen molar-refractivity contribution < 1.29 is 14.3 Å². The molecule has 0 bridgehead atoms. The molecule has 0 aromatic heterocycles. The second-order valence-electron chi connectivity index (χ2n) is 7.10. The summed E-state index contributed by atoms with van der Waals surface area (Å²) in [5, 5.41) is 3.29. The van der Waals surface area contributed by atoms with Crippen LogP contribution in [-0.2, 0) is 27.2 Å². The van der Waals surface area contributed by atoms with Crippen LogP contribution in [0.3, 0.4) is 0 Å². The lowest BCUT2D eigenvalue weighted by molar-refractivity contribution is -0.142. The van der Waals surface area contributed by atoms with E-state index >= 15 is 0 Å². The zero-order valence-electron chi connectivity index (χ0n) is 16.8. The fourth-order valence-electron chi connectivity index (χ4n) is 3.55. The highest BCUT2D eigenvalue weighted by atomic mass is 16.5. The van der Waals surface area contributed by atoms with Gasteiger partial charge in [0.15, 0.2) is 0 Å². The molecule has 0 radical (unpaired) electrons. The Morgan fingerprint density at radius 1 is 1.11 bits per heavy atom. The topological polar surface area (TPSA) is 58.6 Å². The van der Waals surface area contributed by atoms with Gasteiger partial charge in [0.2, 0.25) is 5.91 Å². The molecular weight excluding hydrogens is 352 g/mol. The van der Waals surface area contributed by atoms with E-state index in [1.165, 1.54) is 0 Å². The Balaban J connectivity index is 1.98. The molecule has 2 aromatic carbocycles. The van der Waals surface area contributed by atoms with Gasteiger partial charge in [-0.2, -0.15) is 0 Å². The van der Waals surface area contributed by atoms with Gasteiger partial charge in [-0.15, -0.1) is 0 Å². The highest BCUT2D eigenvalue weighted by molar-refractivity contribution is 6.05. The Morgan fingerprint density at radius 3 is 2.61 bits per heavy atom. The second-order valence-corrected chi connectivity index (χ2v) is 7.10. The Bertz CT molecular complexity index is 863. The fraction of sp³-hybridized carbons (Fsp3) is 0.391. The average Bonchev–Trinajstić information content (AvgIpc) is 2.70. The number of amides is 1. The van der Waals surface area contributed by atoms with Crippen molar-refractivity contribution in [1.29, 1.82) is 0 Å². The predicted octanol–water partition coefficient (Wildman–Crippen LogP) is 3.75. The predicted molar refractivity (Wildman–Crippen MR) is 111 cm³/mol. The fourth-order valence-corrected chi connectivity index (χ4v) is 3.55. The number of nitrogens with one attached hydrogen (secondary N) is 1. The Morgan fingerprint density at radius 2 is 1.86 bits per heavy atom. The van der Waals surface area contributed by atoms with E-state index in [4.69, 9.17) is 4.74 Å². The van der Waals surface area contributed by atoms with E-state index in [1.807, 2.05) is 43.3 Å². The van der Waals surface area contributed by atoms with Gasteiger partial charge in [0, 0.05) is 6.42 Å². The van der Waals surface area contributed by atoms with Crippen molar-refractivity contribution in [3.05, 3.63) is 59.2 Å². The molecule has 0 fully saturated rings. The quantitative estimate of drug-likeness (QED) is 0.743. The van der Waals surface area contributed by atoms with Gasteiger partial charge >= 0.3 is 5.97 Å². The van der Waals surface area contributed by atoms with Crippen LogP contribution in [0.15, 0.2) is 42.5 Å². The maximum atomic E-state index is 13.3. The molecular formula is C23H28N2O3. The molecule has 1 aliphatic rings. The van der Waals surface area contributed by atoms with Crippen LogP contribution in [0.5, 0.6) is 0 Å².